The van der Waals surface area contributed by atoms with Crippen molar-refractivity contribution in [3.63, 3.8) is 0 Å². The van der Waals surface area contributed by atoms with Crippen LogP contribution in [0.5, 0.6) is 11.5 Å². The maximum absolute atomic E-state index is 12.2. The van der Waals surface area contributed by atoms with Crippen molar-refractivity contribution in [3.05, 3.63) is 23.8 Å². The quantitative estimate of drug-likeness (QED) is 0.744. The van der Waals surface area contributed by atoms with Crippen molar-refractivity contribution in [2.24, 2.45) is 0 Å². The van der Waals surface area contributed by atoms with E-state index in [1.165, 1.54) is 4.90 Å². The van der Waals surface area contributed by atoms with Gasteiger partial charge < -0.3 is 14.4 Å². The normalized spacial score (nSPS) is 11.4. The first-order valence-corrected chi connectivity index (χ1v) is 5.32. The molecule has 0 aromatic heterocycles. The van der Waals surface area contributed by atoms with Crippen molar-refractivity contribution in [2.45, 2.75) is 0 Å². The fourth-order valence-electron chi connectivity index (χ4n) is 1.63. The Morgan fingerprint density at radius 2 is 1.89 bits per heavy atom. The van der Waals surface area contributed by atoms with Gasteiger partial charge in [0.1, 0.15) is 0 Å². The highest BCUT2D eigenvalue weighted by molar-refractivity contribution is 5.95. The van der Waals surface area contributed by atoms with Gasteiger partial charge in [0, 0.05) is 5.56 Å². The highest BCUT2D eigenvalue weighted by Crippen LogP contribution is 2.32. The summed E-state index contributed by atoms with van der Waals surface area (Å²) in [6.07, 6.45) is 10.4. The molecule has 1 aliphatic rings. The van der Waals surface area contributed by atoms with Crippen molar-refractivity contribution in [3.8, 4) is 36.2 Å². The zero-order chi connectivity index (χ0) is 13.0. The van der Waals surface area contributed by atoms with E-state index in [9.17, 15) is 4.79 Å². The highest BCUT2D eigenvalue weighted by Gasteiger charge is 2.19. The second-order valence-corrected chi connectivity index (χ2v) is 3.64. The molecular formula is C14H11NO3. The summed E-state index contributed by atoms with van der Waals surface area (Å²) in [4.78, 5) is 13.6. The van der Waals surface area contributed by atoms with E-state index >= 15 is 0 Å². The van der Waals surface area contributed by atoms with Crippen LogP contribution >= 0.6 is 0 Å². The Balaban J connectivity index is 2.23. The van der Waals surface area contributed by atoms with E-state index in [2.05, 4.69) is 11.8 Å². The van der Waals surface area contributed by atoms with Crippen LogP contribution in [0.15, 0.2) is 18.2 Å². The number of hydrogen-bond donors (Lipinski definition) is 0. The molecule has 0 N–H and O–H groups in total. The van der Waals surface area contributed by atoms with E-state index in [4.69, 9.17) is 22.3 Å². The lowest BCUT2D eigenvalue weighted by Crippen LogP contribution is -2.31. The van der Waals surface area contributed by atoms with Gasteiger partial charge in [-0.2, -0.15) is 0 Å². The summed E-state index contributed by atoms with van der Waals surface area (Å²) in [6, 6.07) is 4.99. The number of ether oxygens (including phenoxy) is 2. The molecule has 4 heteroatoms. The summed E-state index contributed by atoms with van der Waals surface area (Å²) in [7, 11) is 0. The summed E-state index contributed by atoms with van der Waals surface area (Å²) in [5.74, 6) is 5.79. The van der Waals surface area contributed by atoms with E-state index in [1.807, 2.05) is 0 Å². The number of terminal acetylenes is 2. The molecule has 0 atom stereocenters. The van der Waals surface area contributed by atoms with E-state index in [0.29, 0.717) is 17.1 Å². The van der Waals surface area contributed by atoms with Gasteiger partial charge in [0.25, 0.3) is 5.91 Å². The van der Waals surface area contributed by atoms with Crippen molar-refractivity contribution < 1.29 is 14.3 Å². The lowest BCUT2D eigenvalue weighted by Gasteiger charge is -2.17. The molecule has 0 bridgehead atoms. The van der Waals surface area contributed by atoms with Gasteiger partial charge in [-0.1, -0.05) is 11.8 Å². The Hall–Kier alpha value is -2.59. The fourth-order valence-corrected chi connectivity index (χ4v) is 1.63. The summed E-state index contributed by atoms with van der Waals surface area (Å²) >= 11 is 0. The predicted octanol–water partition coefficient (Wildman–Crippen LogP) is 1.12. The van der Waals surface area contributed by atoms with Crippen molar-refractivity contribution in [2.75, 3.05) is 19.9 Å². The van der Waals surface area contributed by atoms with Crippen molar-refractivity contribution in [1.29, 1.82) is 0 Å². The zero-order valence-electron chi connectivity index (χ0n) is 9.68. The van der Waals surface area contributed by atoms with Crippen molar-refractivity contribution in [1.82, 2.24) is 4.90 Å². The minimum Gasteiger partial charge on any atom is -0.454 e. The number of nitrogens with zero attached hydrogens (tertiary/aromatic N) is 1. The average molecular weight is 241 g/mol. The number of rotatable bonds is 3. The first-order chi connectivity index (χ1) is 8.76. The third kappa shape index (κ3) is 2.23. The maximum Gasteiger partial charge on any atom is 0.255 e. The molecule has 1 amide bonds. The highest BCUT2D eigenvalue weighted by atomic mass is 16.7. The van der Waals surface area contributed by atoms with E-state index in [0.717, 1.165) is 0 Å². The molecule has 90 valence electrons. The second-order valence-electron chi connectivity index (χ2n) is 3.64. The molecule has 0 fully saturated rings. The molecule has 1 aromatic carbocycles. The molecule has 1 aromatic rings. The fraction of sp³-hybridized carbons (Fsp3) is 0.214. The van der Waals surface area contributed by atoms with Crippen LogP contribution in [0.4, 0.5) is 0 Å². The van der Waals surface area contributed by atoms with Gasteiger partial charge in [-0.05, 0) is 18.2 Å². The van der Waals surface area contributed by atoms with Gasteiger partial charge in [-0.15, -0.1) is 12.8 Å². The summed E-state index contributed by atoms with van der Waals surface area (Å²) in [5.41, 5.74) is 0.477. The molecule has 18 heavy (non-hydrogen) atoms. The minimum absolute atomic E-state index is 0.172. The Labute approximate surface area is 105 Å². The molecular weight excluding hydrogens is 230 g/mol. The molecule has 0 spiro atoms. The Morgan fingerprint density at radius 3 is 2.56 bits per heavy atom. The number of hydrogen-bond acceptors (Lipinski definition) is 3. The first kappa shape index (κ1) is 11.9. The van der Waals surface area contributed by atoms with E-state index in [-0.39, 0.29) is 25.8 Å². The van der Waals surface area contributed by atoms with Crippen LogP contribution in [0.25, 0.3) is 0 Å². The minimum atomic E-state index is -0.218. The third-order valence-electron chi connectivity index (χ3n) is 2.47. The monoisotopic (exact) mass is 241 g/mol. The molecule has 4 nitrogen and oxygen atoms in total. The smallest absolute Gasteiger partial charge is 0.255 e. The third-order valence-corrected chi connectivity index (χ3v) is 2.47. The molecule has 1 heterocycles. The molecule has 0 radical (unpaired) electrons. The SMILES string of the molecule is C#CCN(CC#C)C(=O)c1ccc2c(c1)OCO2. The molecule has 2 rings (SSSR count). The average Bonchev–Trinajstić information content (AvgIpc) is 2.84. The van der Waals surface area contributed by atoms with Crippen LogP contribution in [0.3, 0.4) is 0 Å². The summed E-state index contributed by atoms with van der Waals surface area (Å²) < 4.78 is 10.4. The maximum atomic E-state index is 12.2. The first-order valence-electron chi connectivity index (χ1n) is 5.32. The van der Waals surface area contributed by atoms with Crippen LogP contribution in [0.2, 0.25) is 0 Å². The van der Waals surface area contributed by atoms with Gasteiger partial charge in [0.2, 0.25) is 6.79 Å². The largest absolute Gasteiger partial charge is 0.454 e. The van der Waals surface area contributed by atoms with Gasteiger partial charge in [-0.25, -0.2) is 0 Å². The summed E-state index contributed by atoms with van der Waals surface area (Å²) in [5, 5.41) is 0. The number of carbonyl (C=O) groups is 1. The Kier molecular flexibility index (Phi) is 3.41. The van der Waals surface area contributed by atoms with Crippen LogP contribution in [0, 0.1) is 24.7 Å². The Bertz CT molecular complexity index is 535. The Morgan fingerprint density at radius 1 is 1.22 bits per heavy atom. The standard InChI is InChI=1S/C14H11NO3/c1-3-7-15(8-4-2)14(16)11-5-6-12-13(9-11)18-10-17-12/h1-2,5-6,9H,7-8,10H2. The molecule has 0 saturated carbocycles. The van der Waals surface area contributed by atoms with Gasteiger partial charge in [-0.3, -0.25) is 4.79 Å². The summed E-state index contributed by atoms with van der Waals surface area (Å²) in [6.45, 7) is 0.528. The van der Waals surface area contributed by atoms with Crippen molar-refractivity contribution >= 4 is 5.91 Å². The number of benzene rings is 1. The van der Waals surface area contributed by atoms with Gasteiger partial charge in [0.05, 0.1) is 13.1 Å². The second kappa shape index (κ2) is 5.16. The van der Waals surface area contributed by atoms with Crippen LogP contribution < -0.4 is 9.47 Å². The predicted molar refractivity (Wildman–Crippen MR) is 66.1 cm³/mol. The van der Waals surface area contributed by atoms with Crippen LogP contribution in [0.1, 0.15) is 10.4 Å². The molecule has 0 aliphatic carbocycles. The van der Waals surface area contributed by atoms with E-state index < -0.39 is 0 Å². The van der Waals surface area contributed by atoms with Crippen LogP contribution in [-0.2, 0) is 0 Å². The van der Waals surface area contributed by atoms with Gasteiger partial charge in [0.15, 0.2) is 11.5 Å². The zero-order valence-corrected chi connectivity index (χ0v) is 9.68. The van der Waals surface area contributed by atoms with Crippen LogP contribution in [-0.4, -0.2) is 30.7 Å². The molecule has 0 unspecified atom stereocenters. The lowest BCUT2D eigenvalue weighted by molar-refractivity contribution is 0.0795. The van der Waals surface area contributed by atoms with Gasteiger partial charge >= 0.3 is 0 Å². The topological polar surface area (TPSA) is 38.8 Å². The number of amides is 1. The molecule has 1 aliphatic heterocycles. The van der Waals surface area contributed by atoms with E-state index in [1.54, 1.807) is 18.2 Å². The molecule has 0 saturated heterocycles. The lowest BCUT2D eigenvalue weighted by atomic mass is 10.1. The number of carbonyl (C=O) groups excluding carboxylic acids is 1. The number of fused-ring (bicyclic) bond motifs is 1.